The first kappa shape index (κ1) is 17.2. The Bertz CT molecular complexity index is 691. The molecule has 1 N–H and O–H groups in total. The maximum absolute atomic E-state index is 13.6. The zero-order chi connectivity index (χ0) is 17.1. The summed E-state index contributed by atoms with van der Waals surface area (Å²) < 4.78 is 60.0. The average molecular weight is 332 g/mol. The Kier molecular flexibility index (Phi) is 5.19. The highest BCUT2D eigenvalue weighted by molar-refractivity contribution is 5.46. The topological polar surface area (TPSA) is 52.0 Å². The molecule has 0 aromatic carbocycles. The predicted octanol–water partition coefficient (Wildman–Crippen LogP) is 2.71. The fraction of sp³-hybridized carbons (Fsp3) is 0.429. The highest BCUT2D eigenvalue weighted by atomic mass is 19.2. The molecule has 2 rings (SSSR count). The summed E-state index contributed by atoms with van der Waals surface area (Å²) in [6.07, 6.45) is 0. The normalized spacial score (nSPS) is 11.1. The Morgan fingerprint density at radius 2 is 1.70 bits per heavy atom. The predicted molar refractivity (Wildman–Crippen MR) is 75.0 cm³/mol. The minimum absolute atomic E-state index is 0.0403. The number of ether oxygens (including phenoxy) is 1. The van der Waals surface area contributed by atoms with Gasteiger partial charge in [0.2, 0.25) is 11.6 Å². The van der Waals surface area contributed by atoms with Crippen LogP contribution in [0.5, 0.6) is 0 Å². The van der Waals surface area contributed by atoms with Gasteiger partial charge in [-0.25, -0.2) is 0 Å². The molecular formula is C14H16F4N4O. The SMILES string of the molecule is COCCn1nc(C)c(CNc2c(F)c(F)nc(F)c2F)c1C. The highest BCUT2D eigenvalue weighted by Gasteiger charge is 2.21. The van der Waals surface area contributed by atoms with Crippen LogP contribution in [0.4, 0.5) is 23.2 Å². The Morgan fingerprint density at radius 3 is 2.26 bits per heavy atom. The Balaban J connectivity index is 2.24. The Labute approximate surface area is 130 Å². The van der Waals surface area contributed by atoms with Gasteiger partial charge in [-0.15, -0.1) is 0 Å². The van der Waals surface area contributed by atoms with Gasteiger partial charge in [0, 0.05) is 24.9 Å². The number of aromatic nitrogens is 3. The van der Waals surface area contributed by atoms with Gasteiger partial charge in [0.05, 0.1) is 18.8 Å². The molecule has 126 valence electrons. The molecule has 0 radical (unpaired) electrons. The zero-order valence-corrected chi connectivity index (χ0v) is 12.9. The molecule has 0 bridgehead atoms. The lowest BCUT2D eigenvalue weighted by atomic mass is 10.2. The number of hydrogen-bond acceptors (Lipinski definition) is 4. The summed E-state index contributed by atoms with van der Waals surface area (Å²) in [5.74, 6) is -6.52. The second-order valence-electron chi connectivity index (χ2n) is 4.92. The van der Waals surface area contributed by atoms with E-state index in [0.29, 0.717) is 24.4 Å². The van der Waals surface area contributed by atoms with Crippen molar-refractivity contribution in [2.45, 2.75) is 26.9 Å². The summed E-state index contributed by atoms with van der Waals surface area (Å²) in [5.41, 5.74) is 1.20. The van der Waals surface area contributed by atoms with Crippen molar-refractivity contribution in [2.24, 2.45) is 0 Å². The van der Waals surface area contributed by atoms with Crippen LogP contribution in [0.2, 0.25) is 0 Å². The Morgan fingerprint density at radius 1 is 1.09 bits per heavy atom. The van der Waals surface area contributed by atoms with Crippen LogP contribution >= 0.6 is 0 Å². The van der Waals surface area contributed by atoms with Gasteiger partial charge in [0.25, 0.3) is 11.9 Å². The summed E-state index contributed by atoms with van der Waals surface area (Å²) in [6.45, 7) is 4.45. The molecule has 0 aliphatic rings. The maximum Gasteiger partial charge on any atom is 0.253 e. The van der Waals surface area contributed by atoms with Gasteiger partial charge >= 0.3 is 0 Å². The van der Waals surface area contributed by atoms with Crippen LogP contribution in [0.15, 0.2) is 0 Å². The monoisotopic (exact) mass is 332 g/mol. The van der Waals surface area contributed by atoms with Gasteiger partial charge in [0.15, 0.2) is 0 Å². The van der Waals surface area contributed by atoms with E-state index in [9.17, 15) is 17.6 Å². The first-order valence-corrected chi connectivity index (χ1v) is 6.82. The molecule has 5 nitrogen and oxygen atoms in total. The molecule has 0 saturated carbocycles. The quantitative estimate of drug-likeness (QED) is 0.653. The lowest BCUT2D eigenvalue weighted by molar-refractivity contribution is 0.182. The van der Waals surface area contributed by atoms with Crippen LogP contribution in [0.1, 0.15) is 17.0 Å². The van der Waals surface area contributed by atoms with Crippen LogP contribution in [-0.2, 0) is 17.8 Å². The van der Waals surface area contributed by atoms with Gasteiger partial charge in [-0.2, -0.15) is 27.6 Å². The lowest BCUT2D eigenvalue weighted by Crippen LogP contribution is -2.11. The van der Waals surface area contributed by atoms with Crippen molar-refractivity contribution in [3.8, 4) is 0 Å². The number of hydrogen-bond donors (Lipinski definition) is 1. The van der Waals surface area contributed by atoms with Crippen molar-refractivity contribution in [3.05, 3.63) is 40.5 Å². The number of halogens is 4. The number of rotatable bonds is 6. The number of pyridine rings is 1. The second-order valence-corrected chi connectivity index (χ2v) is 4.92. The van der Waals surface area contributed by atoms with E-state index in [-0.39, 0.29) is 6.54 Å². The van der Waals surface area contributed by atoms with Crippen LogP contribution in [-0.4, -0.2) is 28.5 Å². The third-order valence-corrected chi connectivity index (χ3v) is 3.48. The van der Waals surface area contributed by atoms with Gasteiger partial charge in [-0.05, 0) is 13.8 Å². The Hall–Kier alpha value is -2.16. The van der Waals surface area contributed by atoms with Crippen LogP contribution in [0.3, 0.4) is 0 Å². The number of nitrogens with zero attached hydrogens (tertiary/aromatic N) is 3. The van der Waals surface area contributed by atoms with Gasteiger partial charge in [-0.3, -0.25) is 4.68 Å². The molecule has 2 aromatic rings. The standard InChI is InChI=1S/C14H16F4N4O/c1-7-9(8(2)22(21-7)4-5-23-3)6-19-12-10(15)13(17)20-14(18)11(12)16/h4-6H2,1-3H3,(H,19,20). The molecule has 0 unspecified atom stereocenters. The summed E-state index contributed by atoms with van der Waals surface area (Å²) in [4.78, 5) is 2.51. The molecule has 0 saturated heterocycles. The first-order chi connectivity index (χ1) is 10.9. The van der Waals surface area contributed by atoms with Crippen LogP contribution in [0.25, 0.3) is 0 Å². The molecule has 2 heterocycles. The third kappa shape index (κ3) is 3.44. The van der Waals surface area contributed by atoms with E-state index < -0.39 is 29.2 Å². The zero-order valence-electron chi connectivity index (χ0n) is 12.9. The van der Waals surface area contributed by atoms with E-state index >= 15 is 0 Å². The molecule has 0 aliphatic heterocycles. The average Bonchev–Trinajstić information content (AvgIpc) is 2.78. The summed E-state index contributed by atoms with van der Waals surface area (Å²) in [7, 11) is 1.56. The molecule has 0 fully saturated rings. The smallest absolute Gasteiger partial charge is 0.253 e. The molecule has 0 spiro atoms. The minimum atomic E-state index is -1.70. The molecule has 9 heteroatoms. The molecule has 0 amide bonds. The maximum atomic E-state index is 13.6. The van der Waals surface area contributed by atoms with Gasteiger partial charge in [0.1, 0.15) is 5.69 Å². The van der Waals surface area contributed by atoms with E-state index in [4.69, 9.17) is 4.74 Å². The first-order valence-electron chi connectivity index (χ1n) is 6.82. The van der Waals surface area contributed by atoms with E-state index in [2.05, 4.69) is 15.4 Å². The van der Waals surface area contributed by atoms with E-state index in [1.165, 1.54) is 0 Å². The summed E-state index contributed by atoms with van der Waals surface area (Å²) >= 11 is 0. The van der Waals surface area contributed by atoms with Gasteiger partial charge in [-0.1, -0.05) is 0 Å². The van der Waals surface area contributed by atoms with E-state index in [1.54, 1.807) is 25.6 Å². The van der Waals surface area contributed by atoms with Crippen molar-refractivity contribution in [2.75, 3.05) is 19.0 Å². The van der Waals surface area contributed by atoms with Crippen molar-refractivity contribution < 1.29 is 22.3 Å². The van der Waals surface area contributed by atoms with Gasteiger partial charge < -0.3 is 10.1 Å². The molecular weight excluding hydrogens is 316 g/mol. The highest BCUT2D eigenvalue weighted by Crippen LogP contribution is 2.23. The van der Waals surface area contributed by atoms with Crippen molar-refractivity contribution in [1.29, 1.82) is 0 Å². The second kappa shape index (κ2) is 6.95. The lowest BCUT2D eigenvalue weighted by Gasteiger charge is -2.10. The summed E-state index contributed by atoms with van der Waals surface area (Å²) in [6, 6.07) is 0. The molecule has 23 heavy (non-hydrogen) atoms. The molecule has 2 aromatic heterocycles. The number of nitrogens with one attached hydrogen (secondary N) is 1. The van der Waals surface area contributed by atoms with E-state index in [1.807, 2.05) is 0 Å². The van der Waals surface area contributed by atoms with Crippen molar-refractivity contribution in [1.82, 2.24) is 14.8 Å². The molecule has 0 atom stereocenters. The fourth-order valence-corrected chi connectivity index (χ4v) is 2.20. The van der Waals surface area contributed by atoms with Crippen LogP contribution < -0.4 is 5.32 Å². The number of methoxy groups -OCH3 is 1. The van der Waals surface area contributed by atoms with E-state index in [0.717, 1.165) is 5.69 Å². The summed E-state index contributed by atoms with van der Waals surface area (Å²) in [5, 5.41) is 6.66. The minimum Gasteiger partial charge on any atom is -0.383 e. The van der Waals surface area contributed by atoms with Crippen molar-refractivity contribution >= 4 is 5.69 Å². The molecule has 0 aliphatic carbocycles. The fourth-order valence-electron chi connectivity index (χ4n) is 2.20. The third-order valence-electron chi connectivity index (χ3n) is 3.48. The number of aryl methyl sites for hydroxylation is 1. The largest absolute Gasteiger partial charge is 0.383 e. The van der Waals surface area contributed by atoms with Crippen LogP contribution in [0, 0.1) is 37.4 Å². The van der Waals surface area contributed by atoms with Crippen molar-refractivity contribution in [3.63, 3.8) is 0 Å². The number of anilines is 1.